The molecular formula is C27H30O3. The zero-order valence-corrected chi connectivity index (χ0v) is 18.1. The largest absolute Gasteiger partial charge is 0.497 e. The molecule has 2 aromatic rings. The molecular weight excluding hydrogens is 372 g/mol. The highest BCUT2D eigenvalue weighted by atomic mass is 16.5. The number of hydrogen-bond donors (Lipinski definition) is 0. The van der Waals surface area contributed by atoms with E-state index < -0.39 is 0 Å². The third-order valence-corrected chi connectivity index (χ3v) is 8.04. The van der Waals surface area contributed by atoms with Gasteiger partial charge in [0, 0.05) is 11.0 Å². The smallest absolute Gasteiger partial charge is 0.165 e. The quantitative estimate of drug-likeness (QED) is 0.607. The Bertz CT molecular complexity index is 1020. The second-order valence-electron chi connectivity index (χ2n) is 9.38. The molecule has 3 nitrogen and oxygen atoms in total. The normalized spacial score (nSPS) is 31.1. The molecule has 3 aliphatic rings. The van der Waals surface area contributed by atoms with Gasteiger partial charge in [0.2, 0.25) is 0 Å². The van der Waals surface area contributed by atoms with Crippen molar-refractivity contribution in [3.05, 3.63) is 64.7 Å². The molecule has 0 bridgehead atoms. The van der Waals surface area contributed by atoms with Crippen LogP contribution in [-0.4, -0.2) is 20.0 Å². The van der Waals surface area contributed by atoms with E-state index in [1.54, 1.807) is 14.2 Å². The molecule has 0 spiro atoms. The molecule has 2 fully saturated rings. The number of allylic oxidation sites excluding steroid dienone is 1. The summed E-state index contributed by atoms with van der Waals surface area (Å²) in [5.41, 5.74) is 4.69. The number of carbonyl (C=O) groups is 1. The Morgan fingerprint density at radius 1 is 1.07 bits per heavy atom. The number of ether oxygens (including phenoxy) is 2. The van der Waals surface area contributed by atoms with E-state index in [1.165, 1.54) is 17.5 Å². The van der Waals surface area contributed by atoms with E-state index in [9.17, 15) is 4.79 Å². The highest BCUT2D eigenvalue weighted by Gasteiger charge is 2.56. The number of para-hydroxylation sites is 1. The summed E-state index contributed by atoms with van der Waals surface area (Å²) < 4.78 is 11.0. The molecule has 0 N–H and O–H groups in total. The lowest BCUT2D eigenvalue weighted by molar-refractivity contribution is -0.127. The van der Waals surface area contributed by atoms with Gasteiger partial charge in [0.1, 0.15) is 11.5 Å². The summed E-state index contributed by atoms with van der Waals surface area (Å²) in [5, 5.41) is 0. The van der Waals surface area contributed by atoms with Gasteiger partial charge in [-0.2, -0.15) is 0 Å². The van der Waals surface area contributed by atoms with Gasteiger partial charge in [-0.1, -0.05) is 31.2 Å². The van der Waals surface area contributed by atoms with Gasteiger partial charge in [-0.05, 0) is 90.8 Å². The first-order valence-electron chi connectivity index (χ1n) is 11.1. The number of ketones is 1. The van der Waals surface area contributed by atoms with Crippen LogP contribution in [0.15, 0.2) is 48.0 Å². The Balaban J connectivity index is 1.48. The average Bonchev–Trinajstić information content (AvgIpc) is 3.04. The Morgan fingerprint density at radius 2 is 1.90 bits per heavy atom. The second-order valence-corrected chi connectivity index (χ2v) is 9.38. The van der Waals surface area contributed by atoms with Crippen LogP contribution < -0.4 is 9.47 Å². The third kappa shape index (κ3) is 2.90. The van der Waals surface area contributed by atoms with Crippen molar-refractivity contribution in [1.29, 1.82) is 0 Å². The Kier molecular flexibility index (Phi) is 4.72. The molecule has 0 radical (unpaired) electrons. The van der Waals surface area contributed by atoms with Crippen molar-refractivity contribution >= 4 is 11.9 Å². The minimum absolute atomic E-state index is 0.223. The number of aryl methyl sites for hydroxylation is 1. The number of carbonyl (C=O) groups excluding carboxylic acids is 1. The predicted molar refractivity (Wildman–Crippen MR) is 119 cm³/mol. The van der Waals surface area contributed by atoms with Crippen molar-refractivity contribution in [1.82, 2.24) is 0 Å². The Morgan fingerprint density at radius 3 is 2.70 bits per heavy atom. The van der Waals surface area contributed by atoms with Gasteiger partial charge in [0.25, 0.3) is 0 Å². The molecule has 5 rings (SSSR count). The summed E-state index contributed by atoms with van der Waals surface area (Å²) in [5.74, 6) is 3.72. The van der Waals surface area contributed by atoms with Crippen LogP contribution in [0.25, 0.3) is 6.08 Å². The molecule has 3 heteroatoms. The van der Waals surface area contributed by atoms with Crippen LogP contribution in [-0.2, 0) is 11.2 Å². The van der Waals surface area contributed by atoms with E-state index in [0.717, 1.165) is 48.3 Å². The molecule has 0 unspecified atom stereocenters. The van der Waals surface area contributed by atoms with Gasteiger partial charge in [0.05, 0.1) is 14.2 Å². The molecule has 3 aliphatic carbocycles. The predicted octanol–water partition coefficient (Wildman–Crippen LogP) is 5.82. The lowest BCUT2D eigenvalue weighted by atomic mass is 9.55. The SMILES string of the molecule is COc1ccc2c(c1)CC[C@@H]1[C@@H]2CC[C@]2(C)C(=O)/C(=C/c3ccccc3OC)C[C@@H]12. The van der Waals surface area contributed by atoms with Crippen molar-refractivity contribution < 1.29 is 14.3 Å². The van der Waals surface area contributed by atoms with Gasteiger partial charge >= 0.3 is 0 Å². The van der Waals surface area contributed by atoms with Crippen molar-refractivity contribution in [2.75, 3.05) is 14.2 Å². The minimum atomic E-state index is -0.223. The fourth-order valence-electron chi connectivity index (χ4n) is 6.46. The summed E-state index contributed by atoms with van der Waals surface area (Å²) in [7, 11) is 3.42. The monoisotopic (exact) mass is 402 g/mol. The van der Waals surface area contributed by atoms with Gasteiger partial charge in [-0.15, -0.1) is 0 Å². The first kappa shape index (κ1) is 19.4. The van der Waals surface area contributed by atoms with Crippen LogP contribution in [0.4, 0.5) is 0 Å². The van der Waals surface area contributed by atoms with Gasteiger partial charge in [-0.25, -0.2) is 0 Å². The molecule has 30 heavy (non-hydrogen) atoms. The summed E-state index contributed by atoms with van der Waals surface area (Å²) in [6, 6.07) is 14.6. The maximum Gasteiger partial charge on any atom is 0.165 e. The summed E-state index contributed by atoms with van der Waals surface area (Å²) in [6.07, 6.45) is 7.30. The number of fused-ring (bicyclic) bond motifs is 5. The molecule has 2 aromatic carbocycles. The van der Waals surface area contributed by atoms with Crippen LogP contribution in [0.5, 0.6) is 11.5 Å². The number of Topliss-reactive ketones (excluding diaryl/α,β-unsaturated/α-hetero) is 1. The number of benzene rings is 2. The van der Waals surface area contributed by atoms with E-state index in [2.05, 4.69) is 31.2 Å². The maximum atomic E-state index is 13.5. The molecule has 4 atom stereocenters. The number of rotatable bonds is 3. The first-order valence-corrected chi connectivity index (χ1v) is 11.1. The highest BCUT2D eigenvalue weighted by molar-refractivity contribution is 6.06. The van der Waals surface area contributed by atoms with E-state index in [4.69, 9.17) is 9.47 Å². The fourth-order valence-corrected chi connectivity index (χ4v) is 6.46. The second kappa shape index (κ2) is 7.30. The summed E-state index contributed by atoms with van der Waals surface area (Å²) in [6.45, 7) is 2.23. The highest BCUT2D eigenvalue weighted by Crippen LogP contribution is 2.61. The molecule has 0 aromatic heterocycles. The van der Waals surface area contributed by atoms with Crippen LogP contribution >= 0.6 is 0 Å². The lowest BCUT2D eigenvalue weighted by Gasteiger charge is -2.48. The topological polar surface area (TPSA) is 35.5 Å². The third-order valence-electron chi connectivity index (χ3n) is 8.04. The van der Waals surface area contributed by atoms with Crippen LogP contribution in [0.2, 0.25) is 0 Å². The van der Waals surface area contributed by atoms with Crippen molar-refractivity contribution in [2.45, 2.75) is 44.9 Å². The molecule has 0 saturated heterocycles. The van der Waals surface area contributed by atoms with Crippen LogP contribution in [0, 0.1) is 17.3 Å². The standard InChI is InChI=1S/C27H30O3/c1-27-13-12-22-21-11-9-20(29-2)15-17(21)8-10-23(22)24(27)16-19(26(27)28)14-18-6-4-5-7-25(18)30-3/h4-7,9,11,14-15,22-24H,8,10,12-13,16H2,1-3H3/b19-14+/t22-,23-,24+,27+/m1/s1. The average molecular weight is 403 g/mol. The van der Waals surface area contributed by atoms with Crippen molar-refractivity contribution in [2.24, 2.45) is 17.3 Å². The van der Waals surface area contributed by atoms with Gasteiger partial charge < -0.3 is 9.47 Å². The summed E-state index contributed by atoms with van der Waals surface area (Å²) in [4.78, 5) is 13.5. The van der Waals surface area contributed by atoms with Crippen molar-refractivity contribution in [3.63, 3.8) is 0 Å². The molecule has 0 aliphatic heterocycles. The lowest BCUT2D eigenvalue weighted by Crippen LogP contribution is -2.42. The zero-order valence-electron chi connectivity index (χ0n) is 18.1. The number of methoxy groups -OCH3 is 2. The van der Waals surface area contributed by atoms with Gasteiger partial charge in [0.15, 0.2) is 5.78 Å². The summed E-state index contributed by atoms with van der Waals surface area (Å²) >= 11 is 0. The molecule has 0 amide bonds. The Labute approximate surface area is 179 Å². The van der Waals surface area contributed by atoms with Crippen LogP contribution in [0.1, 0.15) is 55.2 Å². The van der Waals surface area contributed by atoms with E-state index in [-0.39, 0.29) is 5.41 Å². The molecule has 156 valence electrons. The van der Waals surface area contributed by atoms with E-state index in [1.807, 2.05) is 24.3 Å². The number of hydrogen-bond acceptors (Lipinski definition) is 3. The maximum absolute atomic E-state index is 13.5. The molecule has 0 heterocycles. The van der Waals surface area contributed by atoms with Crippen molar-refractivity contribution in [3.8, 4) is 11.5 Å². The van der Waals surface area contributed by atoms with Crippen LogP contribution in [0.3, 0.4) is 0 Å². The zero-order chi connectivity index (χ0) is 20.9. The van der Waals surface area contributed by atoms with Gasteiger partial charge in [-0.3, -0.25) is 4.79 Å². The minimum Gasteiger partial charge on any atom is -0.497 e. The molecule has 2 saturated carbocycles. The first-order chi connectivity index (χ1) is 14.5. The van der Waals surface area contributed by atoms with E-state index in [0.29, 0.717) is 23.5 Å². The Hall–Kier alpha value is -2.55. The van der Waals surface area contributed by atoms with E-state index >= 15 is 0 Å². The fraction of sp³-hybridized carbons (Fsp3) is 0.444.